The SMILES string of the molecule is CCOc1cc2occ(C)c2cc1/C(C)=C/C(=O)N1CCN(c2ccccc2)CC1. The van der Waals surface area contributed by atoms with Gasteiger partial charge in [0.25, 0.3) is 0 Å². The fraction of sp³-hybridized carbons (Fsp3) is 0.320. The minimum Gasteiger partial charge on any atom is -0.493 e. The van der Waals surface area contributed by atoms with Crippen molar-refractivity contribution in [2.45, 2.75) is 20.8 Å². The molecular formula is C25H28N2O3. The number of para-hydroxylation sites is 1. The molecule has 0 aliphatic carbocycles. The zero-order chi connectivity index (χ0) is 21.1. The maximum absolute atomic E-state index is 12.9. The number of piperazine rings is 1. The van der Waals surface area contributed by atoms with Crippen molar-refractivity contribution in [3.05, 3.63) is 65.9 Å². The van der Waals surface area contributed by atoms with Crippen LogP contribution in [0.2, 0.25) is 0 Å². The summed E-state index contributed by atoms with van der Waals surface area (Å²) in [5.74, 6) is 0.793. The van der Waals surface area contributed by atoms with Gasteiger partial charge < -0.3 is 19.0 Å². The molecule has 156 valence electrons. The number of hydrogen-bond acceptors (Lipinski definition) is 4. The largest absolute Gasteiger partial charge is 0.493 e. The number of rotatable bonds is 5. The van der Waals surface area contributed by atoms with Gasteiger partial charge in [-0.05, 0) is 50.1 Å². The van der Waals surface area contributed by atoms with Crippen LogP contribution in [0, 0.1) is 6.92 Å². The topological polar surface area (TPSA) is 45.9 Å². The van der Waals surface area contributed by atoms with Gasteiger partial charge in [-0.1, -0.05) is 18.2 Å². The molecule has 1 aliphatic heterocycles. The highest BCUT2D eigenvalue weighted by molar-refractivity contribution is 5.97. The molecule has 0 saturated carbocycles. The number of aryl methyl sites for hydroxylation is 1. The molecule has 30 heavy (non-hydrogen) atoms. The number of ether oxygens (including phenoxy) is 1. The van der Waals surface area contributed by atoms with Crippen molar-refractivity contribution in [2.24, 2.45) is 0 Å². The molecule has 0 spiro atoms. The number of carbonyl (C=O) groups excluding carboxylic acids is 1. The number of anilines is 1. The van der Waals surface area contributed by atoms with Crippen molar-refractivity contribution in [1.29, 1.82) is 0 Å². The summed E-state index contributed by atoms with van der Waals surface area (Å²) in [4.78, 5) is 17.2. The lowest BCUT2D eigenvalue weighted by Crippen LogP contribution is -2.48. The maximum Gasteiger partial charge on any atom is 0.246 e. The summed E-state index contributed by atoms with van der Waals surface area (Å²) >= 11 is 0. The van der Waals surface area contributed by atoms with Crippen molar-refractivity contribution in [2.75, 3.05) is 37.7 Å². The summed E-state index contributed by atoms with van der Waals surface area (Å²) in [6.45, 7) is 9.62. The molecule has 2 aromatic carbocycles. The van der Waals surface area contributed by atoms with E-state index in [0.717, 1.165) is 59.6 Å². The Bertz CT molecular complexity index is 1060. The summed E-state index contributed by atoms with van der Waals surface area (Å²) in [5.41, 5.74) is 4.92. The monoisotopic (exact) mass is 404 g/mol. The van der Waals surface area contributed by atoms with Crippen LogP contribution in [0.25, 0.3) is 16.5 Å². The van der Waals surface area contributed by atoms with E-state index in [9.17, 15) is 4.79 Å². The zero-order valence-electron chi connectivity index (χ0n) is 17.9. The molecular weight excluding hydrogens is 376 g/mol. The smallest absolute Gasteiger partial charge is 0.246 e. The van der Waals surface area contributed by atoms with E-state index in [4.69, 9.17) is 9.15 Å². The lowest BCUT2D eigenvalue weighted by molar-refractivity contribution is -0.126. The molecule has 1 aromatic heterocycles. The normalized spacial score (nSPS) is 15.0. The fourth-order valence-corrected chi connectivity index (χ4v) is 3.94. The minimum absolute atomic E-state index is 0.0478. The average Bonchev–Trinajstić information content (AvgIpc) is 3.14. The lowest BCUT2D eigenvalue weighted by atomic mass is 10.0. The molecule has 4 rings (SSSR count). The summed E-state index contributed by atoms with van der Waals surface area (Å²) in [7, 11) is 0. The second kappa shape index (κ2) is 8.66. The van der Waals surface area contributed by atoms with Crippen LogP contribution >= 0.6 is 0 Å². The molecule has 0 atom stereocenters. The number of fused-ring (bicyclic) bond motifs is 1. The van der Waals surface area contributed by atoms with E-state index < -0.39 is 0 Å². The summed E-state index contributed by atoms with van der Waals surface area (Å²) < 4.78 is 11.4. The minimum atomic E-state index is 0.0478. The second-order valence-electron chi connectivity index (χ2n) is 7.67. The first-order chi connectivity index (χ1) is 14.6. The molecule has 5 heteroatoms. The molecule has 0 bridgehead atoms. The highest BCUT2D eigenvalue weighted by Gasteiger charge is 2.21. The maximum atomic E-state index is 12.9. The van der Waals surface area contributed by atoms with E-state index in [0.29, 0.717) is 6.61 Å². The van der Waals surface area contributed by atoms with Gasteiger partial charge in [0.15, 0.2) is 0 Å². The van der Waals surface area contributed by atoms with Gasteiger partial charge >= 0.3 is 0 Å². The van der Waals surface area contributed by atoms with Crippen LogP contribution in [0.15, 0.2) is 59.2 Å². The lowest BCUT2D eigenvalue weighted by Gasteiger charge is -2.35. The van der Waals surface area contributed by atoms with E-state index in [1.807, 2.05) is 49.9 Å². The quantitative estimate of drug-likeness (QED) is 0.568. The van der Waals surface area contributed by atoms with Crippen molar-refractivity contribution < 1.29 is 13.9 Å². The first-order valence-corrected chi connectivity index (χ1v) is 10.5. The number of hydrogen-bond donors (Lipinski definition) is 0. The standard InChI is InChI=1S/C25H28N2O3/c1-4-29-23-16-24-22(19(3)17-30-24)15-21(23)18(2)14-25(28)27-12-10-26(11-13-27)20-8-6-5-7-9-20/h5-9,14-17H,4,10-13H2,1-3H3/b18-14+. The van der Waals surface area contributed by atoms with Gasteiger partial charge in [0.2, 0.25) is 5.91 Å². The van der Waals surface area contributed by atoms with Crippen LogP contribution in [0.5, 0.6) is 5.75 Å². The Balaban J connectivity index is 1.51. The molecule has 0 N–H and O–H groups in total. The van der Waals surface area contributed by atoms with E-state index in [-0.39, 0.29) is 5.91 Å². The number of allylic oxidation sites excluding steroid dienone is 1. The van der Waals surface area contributed by atoms with Crippen molar-refractivity contribution in [3.8, 4) is 5.75 Å². The van der Waals surface area contributed by atoms with Gasteiger partial charge in [-0.3, -0.25) is 4.79 Å². The molecule has 1 saturated heterocycles. The average molecular weight is 405 g/mol. The van der Waals surface area contributed by atoms with Crippen molar-refractivity contribution >= 4 is 28.1 Å². The van der Waals surface area contributed by atoms with Gasteiger partial charge in [-0.25, -0.2) is 0 Å². The Labute approximate surface area is 177 Å². The molecule has 3 aromatic rings. The highest BCUT2D eigenvalue weighted by atomic mass is 16.5. The molecule has 1 amide bonds. The van der Waals surface area contributed by atoms with Gasteiger partial charge in [-0.15, -0.1) is 0 Å². The first-order valence-electron chi connectivity index (χ1n) is 10.5. The first kappa shape index (κ1) is 20.1. The van der Waals surface area contributed by atoms with Crippen LogP contribution in [0.3, 0.4) is 0 Å². The molecule has 1 aliphatic rings. The predicted molar refractivity (Wildman–Crippen MR) is 121 cm³/mol. The third kappa shape index (κ3) is 4.06. The van der Waals surface area contributed by atoms with Crippen molar-refractivity contribution in [1.82, 2.24) is 4.90 Å². The van der Waals surface area contributed by atoms with Gasteiger partial charge in [-0.2, -0.15) is 0 Å². The fourth-order valence-electron chi connectivity index (χ4n) is 3.94. The van der Waals surface area contributed by atoms with Crippen LogP contribution < -0.4 is 9.64 Å². The Morgan fingerprint density at radius 1 is 1.13 bits per heavy atom. The number of amides is 1. The number of furan rings is 1. The van der Waals surface area contributed by atoms with E-state index in [1.165, 1.54) is 5.69 Å². The molecule has 1 fully saturated rings. The van der Waals surface area contributed by atoms with Crippen LogP contribution in [0.4, 0.5) is 5.69 Å². The van der Waals surface area contributed by atoms with Gasteiger partial charge in [0, 0.05) is 55.0 Å². The van der Waals surface area contributed by atoms with Gasteiger partial charge in [0.05, 0.1) is 12.9 Å². The van der Waals surface area contributed by atoms with Gasteiger partial charge in [0.1, 0.15) is 11.3 Å². The Morgan fingerprint density at radius 3 is 2.57 bits per heavy atom. The summed E-state index contributed by atoms with van der Waals surface area (Å²) in [6, 6.07) is 14.3. The third-order valence-electron chi connectivity index (χ3n) is 5.65. The van der Waals surface area contributed by atoms with Crippen LogP contribution in [0.1, 0.15) is 25.0 Å². The highest BCUT2D eigenvalue weighted by Crippen LogP contribution is 2.33. The number of nitrogens with zero attached hydrogens (tertiary/aromatic N) is 2. The van der Waals surface area contributed by atoms with E-state index in [1.54, 1.807) is 12.3 Å². The summed E-state index contributed by atoms with van der Waals surface area (Å²) in [6.07, 6.45) is 3.48. The predicted octanol–water partition coefficient (Wildman–Crippen LogP) is 4.89. The van der Waals surface area contributed by atoms with Crippen LogP contribution in [-0.4, -0.2) is 43.6 Å². The Morgan fingerprint density at radius 2 is 1.87 bits per heavy atom. The Kier molecular flexibility index (Phi) is 5.79. The molecule has 5 nitrogen and oxygen atoms in total. The number of benzene rings is 2. The van der Waals surface area contributed by atoms with Crippen molar-refractivity contribution in [3.63, 3.8) is 0 Å². The van der Waals surface area contributed by atoms with E-state index >= 15 is 0 Å². The van der Waals surface area contributed by atoms with Crippen LogP contribution in [-0.2, 0) is 4.79 Å². The second-order valence-corrected chi connectivity index (χ2v) is 7.67. The molecule has 2 heterocycles. The van der Waals surface area contributed by atoms with E-state index in [2.05, 4.69) is 23.1 Å². The molecule has 0 radical (unpaired) electrons. The number of carbonyl (C=O) groups is 1. The third-order valence-corrected chi connectivity index (χ3v) is 5.65. The Hall–Kier alpha value is -3.21. The summed E-state index contributed by atoms with van der Waals surface area (Å²) in [5, 5.41) is 1.05. The molecule has 0 unspecified atom stereocenters. The zero-order valence-corrected chi connectivity index (χ0v) is 17.9.